The normalized spacial score (nSPS) is 55.6. The number of carbonyl (C=O) groups is 1. The van der Waals surface area contributed by atoms with Crippen molar-refractivity contribution in [2.45, 2.75) is 186 Å². The molecule has 0 aromatic heterocycles. The van der Waals surface area contributed by atoms with E-state index in [9.17, 15) is 35.4 Å². The Morgan fingerprint density at radius 2 is 1.52 bits per heavy atom. The van der Waals surface area contributed by atoms with E-state index in [1.54, 1.807) is 6.92 Å². The first-order valence-electron chi connectivity index (χ1n) is 21.9. The van der Waals surface area contributed by atoms with Crippen LogP contribution >= 0.6 is 0 Å². The predicted octanol–water partition coefficient (Wildman–Crippen LogP) is 3.57. The lowest BCUT2D eigenvalue weighted by atomic mass is 9.32. The van der Waals surface area contributed by atoms with E-state index in [4.69, 9.17) is 18.9 Å². The van der Waals surface area contributed by atoms with Crippen LogP contribution in [0.1, 0.15) is 119 Å². The summed E-state index contributed by atoms with van der Waals surface area (Å²) in [6, 6.07) is 0.351. The predicted molar refractivity (Wildman–Crippen MR) is 205 cm³/mol. The number of rotatable bonds is 8. The maximum absolute atomic E-state index is 14.2. The highest BCUT2D eigenvalue weighted by atomic mass is 16.8. The molecule has 0 unspecified atom stereocenters. The Morgan fingerprint density at radius 1 is 0.786 bits per heavy atom. The summed E-state index contributed by atoms with van der Waals surface area (Å²) in [5.74, 6) is 1.98. The monoisotopic (exact) mass is 790 g/mol. The summed E-state index contributed by atoms with van der Waals surface area (Å²) in [6.45, 7) is 17.6. The smallest absolute Gasteiger partial charge is 0.226 e. The molecule has 8 aliphatic rings. The third-order valence-electron chi connectivity index (χ3n) is 18.3. The summed E-state index contributed by atoms with van der Waals surface area (Å²) in [4.78, 5) is 14.2. The Balaban J connectivity index is 1.04. The van der Waals surface area contributed by atoms with Crippen molar-refractivity contribution in [1.82, 2.24) is 5.32 Å². The van der Waals surface area contributed by atoms with Gasteiger partial charge in [-0.1, -0.05) is 39.8 Å². The van der Waals surface area contributed by atoms with Gasteiger partial charge in [0, 0.05) is 11.5 Å². The first-order valence-corrected chi connectivity index (χ1v) is 21.9. The summed E-state index contributed by atoms with van der Waals surface area (Å²) in [7, 11) is 0. The molecule has 2 heterocycles. The molecule has 318 valence electrons. The number of aliphatic hydroxyl groups excluding tert-OH is 6. The number of ether oxygens (including phenoxy) is 4. The minimum Gasteiger partial charge on any atom is -0.396 e. The fourth-order valence-corrected chi connectivity index (χ4v) is 14.8. The molecule has 2 saturated heterocycles. The Hall–Kier alpha value is -1.19. The fraction of sp³-hybridized carbons (Fsp3) is 0.932. The van der Waals surface area contributed by atoms with Crippen molar-refractivity contribution >= 4 is 5.91 Å². The van der Waals surface area contributed by atoms with Gasteiger partial charge in [0.15, 0.2) is 12.6 Å². The third kappa shape index (κ3) is 6.07. The summed E-state index contributed by atoms with van der Waals surface area (Å²) in [5, 5.41) is 68.0. The second-order valence-electron chi connectivity index (χ2n) is 21.0. The lowest BCUT2D eigenvalue weighted by molar-refractivity contribution is -0.366. The van der Waals surface area contributed by atoms with Crippen molar-refractivity contribution in [2.24, 2.45) is 56.7 Å². The van der Waals surface area contributed by atoms with E-state index in [1.165, 1.54) is 5.57 Å². The molecular weight excluding hydrogens is 718 g/mol. The van der Waals surface area contributed by atoms with Gasteiger partial charge in [-0.2, -0.15) is 0 Å². The van der Waals surface area contributed by atoms with Gasteiger partial charge in [0.1, 0.15) is 36.6 Å². The first-order chi connectivity index (χ1) is 26.4. The molecule has 8 rings (SSSR count). The molecule has 1 amide bonds. The van der Waals surface area contributed by atoms with Crippen LogP contribution in [0.4, 0.5) is 0 Å². The van der Waals surface area contributed by atoms with E-state index in [-0.39, 0.29) is 40.8 Å². The first kappa shape index (κ1) is 41.5. The molecule has 0 aromatic carbocycles. The molecule has 0 aromatic rings. The number of fused-ring (bicyclic) bond motifs is 7. The Kier molecular flexibility index (Phi) is 10.7. The quantitative estimate of drug-likeness (QED) is 0.141. The molecule has 8 fully saturated rings. The van der Waals surface area contributed by atoms with Gasteiger partial charge in [-0.25, -0.2) is 0 Å². The molecule has 7 N–H and O–H groups in total. The van der Waals surface area contributed by atoms with Crippen LogP contribution in [0.2, 0.25) is 0 Å². The van der Waals surface area contributed by atoms with E-state index < -0.39 is 66.8 Å². The molecule has 56 heavy (non-hydrogen) atoms. The Morgan fingerprint density at radius 3 is 2.20 bits per heavy atom. The summed E-state index contributed by atoms with van der Waals surface area (Å²) in [6.07, 6.45) is -0.506. The van der Waals surface area contributed by atoms with E-state index >= 15 is 0 Å². The van der Waals surface area contributed by atoms with Gasteiger partial charge in [-0.3, -0.25) is 4.79 Å². The van der Waals surface area contributed by atoms with Crippen LogP contribution in [0.5, 0.6) is 0 Å². The van der Waals surface area contributed by atoms with Gasteiger partial charge in [0.25, 0.3) is 0 Å². The Bertz CT molecular complexity index is 1510. The molecule has 0 spiro atoms. The number of carbonyl (C=O) groups excluding carboxylic acids is 1. The highest BCUT2D eigenvalue weighted by molar-refractivity contribution is 5.84. The zero-order chi connectivity index (χ0) is 40.3. The summed E-state index contributed by atoms with van der Waals surface area (Å²) >= 11 is 0. The van der Waals surface area contributed by atoms with Gasteiger partial charge >= 0.3 is 0 Å². The van der Waals surface area contributed by atoms with E-state index in [1.807, 2.05) is 0 Å². The Labute approximate surface area is 333 Å². The molecule has 6 aliphatic carbocycles. The number of allylic oxidation sites excluding steroid dienone is 1. The zero-order valence-electron chi connectivity index (χ0n) is 34.6. The average Bonchev–Trinajstić information content (AvgIpc) is 3.88. The summed E-state index contributed by atoms with van der Waals surface area (Å²) in [5.41, 5.74) is 0.294. The lowest BCUT2D eigenvalue weighted by Gasteiger charge is -2.73. The topological polar surface area (TPSA) is 187 Å². The number of aliphatic hydroxyl groups is 6. The third-order valence-corrected chi connectivity index (χ3v) is 18.3. The molecule has 12 heteroatoms. The second-order valence-corrected chi connectivity index (χ2v) is 21.0. The van der Waals surface area contributed by atoms with Crippen LogP contribution in [0.15, 0.2) is 12.2 Å². The molecule has 0 bridgehead atoms. The number of hydrogen-bond acceptors (Lipinski definition) is 11. The molecule has 12 nitrogen and oxygen atoms in total. The van der Waals surface area contributed by atoms with Crippen LogP contribution in [0.3, 0.4) is 0 Å². The molecule has 0 radical (unpaired) electrons. The largest absolute Gasteiger partial charge is 0.396 e. The maximum Gasteiger partial charge on any atom is 0.226 e. The number of amides is 1. The molecule has 6 saturated carbocycles. The van der Waals surface area contributed by atoms with Crippen LogP contribution in [0, 0.1) is 56.7 Å². The zero-order valence-corrected chi connectivity index (χ0v) is 34.6. The van der Waals surface area contributed by atoms with Gasteiger partial charge in [-0.05, 0) is 137 Å². The van der Waals surface area contributed by atoms with Gasteiger partial charge < -0.3 is 54.9 Å². The SMILES string of the molecule is C=C(C)[C@@H]1CC[C@]2(C(=O)NC3CC3)CC[C@]3(C)[C@H](CC[C@@H]4[C@@]5(C)CC[C@H](O[C@@H]6OC[C@H](O)[C@H](O)[C@H]6O[C@@H]6O[C@@H](C)[C@H](O)[C@@H](O)[C@H]6O)[C@@](C)(CO)[C@@H]5CC[C@]43C)[C@@H]12. The average molecular weight is 790 g/mol. The highest BCUT2D eigenvalue weighted by Crippen LogP contribution is 2.77. The van der Waals surface area contributed by atoms with Crippen molar-refractivity contribution in [1.29, 1.82) is 0 Å². The lowest BCUT2D eigenvalue weighted by Crippen LogP contribution is -2.68. The van der Waals surface area contributed by atoms with Crippen LogP contribution in [-0.4, -0.2) is 117 Å². The minimum absolute atomic E-state index is 0.0499. The fourth-order valence-electron chi connectivity index (χ4n) is 14.8. The van der Waals surface area contributed by atoms with Gasteiger partial charge in [0.05, 0.1) is 30.8 Å². The van der Waals surface area contributed by atoms with Crippen molar-refractivity contribution < 1.29 is 54.4 Å². The van der Waals surface area contributed by atoms with Crippen molar-refractivity contribution in [3.05, 3.63) is 12.2 Å². The molecular formula is C44H71NO11. The van der Waals surface area contributed by atoms with Crippen LogP contribution < -0.4 is 5.32 Å². The van der Waals surface area contributed by atoms with Crippen LogP contribution in [-0.2, 0) is 23.7 Å². The maximum atomic E-state index is 14.2. The summed E-state index contributed by atoms with van der Waals surface area (Å²) < 4.78 is 24.5. The highest BCUT2D eigenvalue weighted by Gasteiger charge is 2.72. The van der Waals surface area contributed by atoms with Gasteiger partial charge in [0.2, 0.25) is 5.91 Å². The molecule has 2 aliphatic heterocycles. The van der Waals surface area contributed by atoms with E-state index in [2.05, 4.69) is 46.5 Å². The van der Waals surface area contributed by atoms with Crippen molar-refractivity contribution in [3.63, 3.8) is 0 Å². The van der Waals surface area contributed by atoms with Gasteiger partial charge in [-0.15, -0.1) is 0 Å². The standard InChI is InChI=1S/C44H71NO11/c1-22(2)25-12-17-44(39(52)45-24-8-9-24)19-18-42(6)26(31(25)44)10-11-29-40(4)15-14-30(41(5,21-46)28(40)13-16-43(29,42)7)55-38-36(33(49)27(47)20-53-38)56-37-35(51)34(50)32(48)23(3)54-37/h23-38,46-51H,1,8-21H2,2-7H3,(H,45,52)/t23-,25-,26+,27-,28+,29+,30-,31+,32-,33-,34+,35+,36+,37-,38-,40-,41-,42+,43+,44-/m0/s1. The number of hydrogen-bond donors (Lipinski definition) is 7. The number of nitrogens with one attached hydrogen (secondary N) is 1. The molecule has 20 atom stereocenters. The van der Waals surface area contributed by atoms with E-state index in [0.717, 1.165) is 70.6 Å². The minimum atomic E-state index is -1.61. The van der Waals surface area contributed by atoms with Crippen molar-refractivity contribution in [2.75, 3.05) is 13.2 Å². The van der Waals surface area contributed by atoms with Crippen molar-refractivity contribution in [3.8, 4) is 0 Å². The van der Waals surface area contributed by atoms with E-state index in [0.29, 0.717) is 42.0 Å². The second kappa shape index (κ2) is 14.5. The van der Waals surface area contributed by atoms with Crippen LogP contribution in [0.25, 0.3) is 0 Å².